The summed E-state index contributed by atoms with van der Waals surface area (Å²) in [6.45, 7) is 1.11. The van der Waals surface area contributed by atoms with E-state index in [-0.39, 0.29) is 13.2 Å². The van der Waals surface area contributed by atoms with Crippen LogP contribution in [0, 0.1) is 0 Å². The molecule has 3 aromatic carbocycles. The lowest BCUT2D eigenvalue weighted by Crippen LogP contribution is -2.59. The number of rotatable bonds is 11. The second-order valence-corrected chi connectivity index (χ2v) is 8.28. The first kappa shape index (κ1) is 24.9. The van der Waals surface area contributed by atoms with Gasteiger partial charge >= 0.3 is 0 Å². The molecule has 0 radical (unpaired) electrons. The van der Waals surface area contributed by atoms with Crippen LogP contribution in [-0.2, 0) is 38.8 Å². The van der Waals surface area contributed by atoms with E-state index in [0.29, 0.717) is 13.2 Å². The van der Waals surface area contributed by atoms with Gasteiger partial charge in [-0.1, -0.05) is 96.1 Å². The smallest absolute Gasteiger partial charge is 0.165 e. The topological polar surface area (TPSA) is 106 Å². The molecule has 5 atom stereocenters. The lowest BCUT2D eigenvalue weighted by molar-refractivity contribution is -0.259. The van der Waals surface area contributed by atoms with Crippen LogP contribution in [0.25, 0.3) is 10.4 Å². The summed E-state index contributed by atoms with van der Waals surface area (Å²) in [5, 5.41) is 14.6. The van der Waals surface area contributed by atoms with Crippen molar-refractivity contribution in [2.45, 2.75) is 50.5 Å². The quantitative estimate of drug-likeness (QED) is 0.244. The summed E-state index contributed by atoms with van der Waals surface area (Å²) in [6, 6.07) is 29.2. The molecule has 0 unspecified atom stereocenters. The molecule has 1 aliphatic heterocycles. The molecule has 0 aromatic heterocycles. The van der Waals surface area contributed by atoms with Gasteiger partial charge in [0, 0.05) is 4.91 Å². The van der Waals surface area contributed by atoms with Gasteiger partial charge in [-0.3, -0.25) is 0 Å². The molecule has 8 heteroatoms. The maximum atomic E-state index is 11.0. The summed E-state index contributed by atoms with van der Waals surface area (Å²) in [6.07, 6.45) is -4.41. The molecule has 35 heavy (non-hydrogen) atoms. The molecular weight excluding hydrogens is 446 g/mol. The average molecular weight is 476 g/mol. The highest BCUT2D eigenvalue weighted by Crippen LogP contribution is 2.29. The first-order chi connectivity index (χ1) is 17.2. The molecular formula is C27H29N3O5. The monoisotopic (exact) mass is 475 g/mol. The Bertz CT molecular complexity index is 1060. The summed E-state index contributed by atoms with van der Waals surface area (Å²) >= 11 is 0. The number of ether oxygens (including phenoxy) is 4. The van der Waals surface area contributed by atoms with Crippen molar-refractivity contribution in [1.29, 1.82) is 0 Å². The Morgan fingerprint density at radius 2 is 1.23 bits per heavy atom. The summed E-state index contributed by atoms with van der Waals surface area (Å²) in [5.41, 5.74) is 12.0. The molecule has 1 fully saturated rings. The van der Waals surface area contributed by atoms with Crippen LogP contribution in [0.4, 0.5) is 0 Å². The molecule has 0 aliphatic carbocycles. The molecule has 1 heterocycles. The van der Waals surface area contributed by atoms with Gasteiger partial charge in [0.25, 0.3) is 0 Å². The van der Waals surface area contributed by atoms with Gasteiger partial charge in [0.2, 0.25) is 0 Å². The fraction of sp³-hybridized carbons (Fsp3) is 0.333. The van der Waals surface area contributed by atoms with E-state index in [4.69, 9.17) is 24.5 Å². The summed E-state index contributed by atoms with van der Waals surface area (Å²) in [5.74, 6) is 0. The van der Waals surface area contributed by atoms with Gasteiger partial charge in [-0.2, -0.15) is 0 Å². The minimum Gasteiger partial charge on any atom is -0.387 e. The van der Waals surface area contributed by atoms with E-state index in [9.17, 15) is 5.11 Å². The van der Waals surface area contributed by atoms with Crippen molar-refractivity contribution < 1.29 is 24.1 Å². The predicted octanol–water partition coefficient (Wildman–Crippen LogP) is 4.77. The van der Waals surface area contributed by atoms with E-state index in [2.05, 4.69) is 10.0 Å². The highest BCUT2D eigenvalue weighted by atomic mass is 16.6. The van der Waals surface area contributed by atoms with Crippen LogP contribution in [-0.4, -0.2) is 42.4 Å². The molecule has 3 aromatic rings. The van der Waals surface area contributed by atoms with Crippen LogP contribution >= 0.6 is 0 Å². The third-order valence-electron chi connectivity index (χ3n) is 5.76. The van der Waals surface area contributed by atoms with E-state index in [1.54, 1.807) is 0 Å². The van der Waals surface area contributed by atoms with E-state index in [0.717, 1.165) is 16.7 Å². The van der Waals surface area contributed by atoms with Gasteiger partial charge in [-0.05, 0) is 22.2 Å². The highest BCUT2D eigenvalue weighted by molar-refractivity contribution is 5.15. The zero-order chi connectivity index (χ0) is 24.3. The van der Waals surface area contributed by atoms with Gasteiger partial charge in [-0.25, -0.2) is 0 Å². The lowest BCUT2D eigenvalue weighted by atomic mass is 9.97. The molecule has 1 aliphatic rings. The normalized spacial score (nSPS) is 24.0. The molecule has 1 N–H and O–H groups in total. The van der Waals surface area contributed by atoms with Crippen LogP contribution in [0.5, 0.6) is 0 Å². The molecule has 8 nitrogen and oxygen atoms in total. The van der Waals surface area contributed by atoms with E-state index >= 15 is 0 Å². The number of aliphatic hydroxyl groups excluding tert-OH is 1. The fourth-order valence-electron chi connectivity index (χ4n) is 3.98. The predicted molar refractivity (Wildman–Crippen MR) is 130 cm³/mol. The number of azide groups is 1. The van der Waals surface area contributed by atoms with Crippen LogP contribution in [0.3, 0.4) is 0 Å². The van der Waals surface area contributed by atoms with Gasteiger partial charge in [0.1, 0.15) is 24.4 Å². The van der Waals surface area contributed by atoms with Crippen molar-refractivity contribution in [1.82, 2.24) is 0 Å². The van der Waals surface area contributed by atoms with Crippen LogP contribution in [0.15, 0.2) is 96.1 Å². The number of hydrogen-bond donors (Lipinski definition) is 1. The Morgan fingerprint density at radius 1 is 0.743 bits per heavy atom. The Morgan fingerprint density at radius 3 is 1.74 bits per heavy atom. The van der Waals surface area contributed by atoms with Crippen molar-refractivity contribution in [2.24, 2.45) is 5.11 Å². The zero-order valence-corrected chi connectivity index (χ0v) is 19.3. The van der Waals surface area contributed by atoms with Crippen molar-refractivity contribution in [3.8, 4) is 0 Å². The minimum absolute atomic E-state index is 0.170. The Balaban J connectivity index is 1.52. The number of aliphatic hydroxyl groups is 1. The van der Waals surface area contributed by atoms with Crippen molar-refractivity contribution >= 4 is 0 Å². The van der Waals surface area contributed by atoms with Gasteiger partial charge in [0.15, 0.2) is 6.23 Å². The first-order valence-electron chi connectivity index (χ1n) is 11.5. The fourth-order valence-corrected chi connectivity index (χ4v) is 3.98. The third kappa shape index (κ3) is 7.13. The van der Waals surface area contributed by atoms with Gasteiger partial charge in [-0.15, -0.1) is 0 Å². The van der Waals surface area contributed by atoms with Crippen molar-refractivity contribution in [3.05, 3.63) is 118 Å². The molecule has 0 saturated carbocycles. The van der Waals surface area contributed by atoms with Gasteiger partial charge in [0.05, 0.1) is 26.4 Å². The van der Waals surface area contributed by atoms with E-state index < -0.39 is 30.6 Å². The molecule has 0 bridgehead atoms. The van der Waals surface area contributed by atoms with Crippen molar-refractivity contribution in [2.75, 3.05) is 6.61 Å². The zero-order valence-electron chi connectivity index (χ0n) is 19.3. The molecule has 1 saturated heterocycles. The van der Waals surface area contributed by atoms with Gasteiger partial charge < -0.3 is 24.1 Å². The SMILES string of the molecule is [N-]=[N+]=N[C@H]1O[C@H](COCc2ccccc2)[C@H](OCc2ccccc2)[C@H](OCc2ccccc2)[C@H]1O. The largest absolute Gasteiger partial charge is 0.387 e. The Labute approximate surface area is 204 Å². The number of benzene rings is 3. The first-order valence-corrected chi connectivity index (χ1v) is 11.5. The molecule has 0 amide bonds. The standard InChI is InChI=1S/C27H29N3O5/c28-30-29-27-24(31)26(34-18-22-14-8-3-9-15-22)25(33-17-21-12-6-2-7-13-21)23(35-27)19-32-16-20-10-4-1-5-11-20/h1-15,23-27,31H,16-19H2/t23-,24-,25+,26-,27+/m1/s1. The maximum Gasteiger partial charge on any atom is 0.165 e. The van der Waals surface area contributed by atoms with Crippen LogP contribution in [0.2, 0.25) is 0 Å². The van der Waals surface area contributed by atoms with Crippen LogP contribution < -0.4 is 0 Å². The van der Waals surface area contributed by atoms with Crippen LogP contribution in [0.1, 0.15) is 16.7 Å². The maximum absolute atomic E-state index is 11.0. The summed E-state index contributed by atoms with van der Waals surface area (Å²) in [4.78, 5) is 2.85. The minimum atomic E-state index is -1.21. The van der Waals surface area contributed by atoms with E-state index in [1.165, 1.54) is 0 Å². The summed E-state index contributed by atoms with van der Waals surface area (Å²) in [7, 11) is 0. The Hall–Kier alpha value is -3.23. The average Bonchev–Trinajstić information content (AvgIpc) is 2.90. The number of nitrogens with zero attached hydrogens (tertiary/aromatic N) is 3. The highest BCUT2D eigenvalue weighted by Gasteiger charge is 2.46. The second-order valence-electron chi connectivity index (χ2n) is 8.28. The molecule has 0 spiro atoms. The number of hydrogen-bond acceptors (Lipinski definition) is 6. The Kier molecular flexibility index (Phi) is 9.25. The molecule has 4 rings (SSSR count). The molecule has 182 valence electrons. The van der Waals surface area contributed by atoms with E-state index in [1.807, 2.05) is 91.0 Å². The second kappa shape index (κ2) is 13.0. The van der Waals surface area contributed by atoms with Crippen molar-refractivity contribution in [3.63, 3.8) is 0 Å². The third-order valence-corrected chi connectivity index (χ3v) is 5.76. The lowest BCUT2D eigenvalue weighted by Gasteiger charge is -2.43. The summed E-state index contributed by atoms with van der Waals surface area (Å²) < 4.78 is 24.3.